The van der Waals surface area contributed by atoms with Gasteiger partial charge in [0.15, 0.2) is 0 Å². The van der Waals surface area contributed by atoms with Gasteiger partial charge in [0.05, 0.1) is 5.92 Å². The number of aromatic amines is 1. The maximum absolute atomic E-state index is 14.1. The number of H-pyrrole nitrogens is 1. The molecular weight excluding hydrogens is 504 g/mol. The first-order valence-corrected chi connectivity index (χ1v) is 14.2. The van der Waals surface area contributed by atoms with E-state index in [0.29, 0.717) is 26.2 Å². The Hall–Kier alpha value is -3.85. The number of benzene rings is 2. The molecule has 9 heteroatoms. The highest BCUT2D eigenvalue weighted by Crippen LogP contribution is 2.52. The van der Waals surface area contributed by atoms with Gasteiger partial charge in [-0.15, -0.1) is 0 Å². The van der Waals surface area contributed by atoms with Crippen LogP contribution in [0.1, 0.15) is 54.7 Å². The summed E-state index contributed by atoms with van der Waals surface area (Å²) in [5.74, 6) is -0.390. The van der Waals surface area contributed by atoms with Gasteiger partial charge in [0.1, 0.15) is 6.04 Å². The van der Waals surface area contributed by atoms with E-state index >= 15 is 0 Å². The first-order valence-electron chi connectivity index (χ1n) is 14.2. The Kier molecular flexibility index (Phi) is 7.85. The molecule has 2 heterocycles. The molecule has 4 amide bonds. The van der Waals surface area contributed by atoms with Crippen molar-refractivity contribution in [1.82, 2.24) is 25.4 Å². The van der Waals surface area contributed by atoms with E-state index in [1.54, 1.807) is 4.90 Å². The van der Waals surface area contributed by atoms with E-state index in [4.69, 9.17) is 5.73 Å². The number of para-hydroxylation sites is 1. The Morgan fingerprint density at radius 1 is 1.10 bits per heavy atom. The molecule has 0 saturated carbocycles. The third-order valence-corrected chi connectivity index (χ3v) is 8.87. The molecule has 5 rings (SSSR count). The molecule has 1 saturated heterocycles. The van der Waals surface area contributed by atoms with Crippen LogP contribution in [0, 0.1) is 0 Å². The maximum atomic E-state index is 14.1. The van der Waals surface area contributed by atoms with Crippen molar-refractivity contribution >= 4 is 28.7 Å². The molecule has 9 nitrogen and oxygen atoms in total. The van der Waals surface area contributed by atoms with E-state index in [9.17, 15) is 14.4 Å². The molecule has 0 radical (unpaired) electrons. The monoisotopic (exact) mass is 544 g/mol. The number of nitrogens with one attached hydrogen (secondary N) is 3. The average Bonchev–Trinajstić information content (AvgIpc) is 3.54. The van der Waals surface area contributed by atoms with E-state index in [2.05, 4.69) is 27.8 Å². The van der Waals surface area contributed by atoms with Crippen molar-refractivity contribution in [3.8, 4) is 0 Å². The van der Waals surface area contributed by atoms with Crippen molar-refractivity contribution in [2.75, 3.05) is 40.3 Å². The van der Waals surface area contributed by atoms with Crippen molar-refractivity contribution in [1.29, 1.82) is 0 Å². The fourth-order valence-electron chi connectivity index (χ4n) is 6.68. The Labute approximate surface area is 235 Å². The molecule has 5 N–H and O–H groups in total. The fourth-order valence-corrected chi connectivity index (χ4v) is 6.68. The van der Waals surface area contributed by atoms with E-state index in [0.717, 1.165) is 41.3 Å². The van der Waals surface area contributed by atoms with Gasteiger partial charge in [-0.3, -0.25) is 9.59 Å². The minimum atomic E-state index is -0.745. The van der Waals surface area contributed by atoms with E-state index in [-0.39, 0.29) is 29.1 Å². The molecule has 2 unspecified atom stereocenters. The van der Waals surface area contributed by atoms with Gasteiger partial charge >= 0.3 is 6.03 Å². The lowest BCUT2D eigenvalue weighted by Gasteiger charge is -2.42. The van der Waals surface area contributed by atoms with Crippen LogP contribution in [0.3, 0.4) is 0 Å². The Morgan fingerprint density at radius 3 is 2.52 bits per heavy atom. The van der Waals surface area contributed by atoms with Gasteiger partial charge in [-0.25, -0.2) is 4.79 Å². The number of fused-ring (bicyclic) bond motifs is 3. The molecule has 2 aromatic carbocycles. The van der Waals surface area contributed by atoms with E-state index in [1.165, 1.54) is 5.56 Å². The number of carbonyl (C=O) groups excluding carboxylic acids is 3. The molecule has 212 valence electrons. The van der Waals surface area contributed by atoms with Gasteiger partial charge in [0, 0.05) is 68.7 Å². The average molecular weight is 545 g/mol. The molecule has 40 heavy (non-hydrogen) atoms. The van der Waals surface area contributed by atoms with Crippen LogP contribution in [0.4, 0.5) is 4.79 Å². The summed E-state index contributed by atoms with van der Waals surface area (Å²) >= 11 is 0. The highest BCUT2D eigenvalue weighted by atomic mass is 16.2. The third kappa shape index (κ3) is 5.06. The molecular formula is C31H40N6O3. The number of carbonyl (C=O) groups is 3. The second-order valence-corrected chi connectivity index (χ2v) is 11.4. The van der Waals surface area contributed by atoms with Crippen molar-refractivity contribution in [2.24, 2.45) is 5.73 Å². The van der Waals surface area contributed by atoms with Crippen molar-refractivity contribution < 1.29 is 14.4 Å². The van der Waals surface area contributed by atoms with Crippen LogP contribution < -0.4 is 16.4 Å². The highest BCUT2D eigenvalue weighted by Gasteiger charge is 2.48. The van der Waals surface area contributed by atoms with E-state index < -0.39 is 12.1 Å². The van der Waals surface area contributed by atoms with Crippen LogP contribution in [0.15, 0.2) is 54.7 Å². The van der Waals surface area contributed by atoms with Crippen molar-refractivity contribution in [2.45, 2.75) is 49.5 Å². The predicted octanol–water partition coefficient (Wildman–Crippen LogP) is 3.03. The summed E-state index contributed by atoms with van der Waals surface area (Å²) in [6, 6.07) is 15.1. The normalized spacial score (nSPS) is 19.2. The van der Waals surface area contributed by atoms with E-state index in [1.807, 2.05) is 68.5 Å². The molecule has 1 spiro atoms. The number of nitrogens with zero attached hydrogens (tertiary/aromatic N) is 2. The lowest BCUT2D eigenvalue weighted by atomic mass is 9.73. The summed E-state index contributed by atoms with van der Waals surface area (Å²) in [6.07, 6.45) is 4.25. The zero-order valence-corrected chi connectivity index (χ0v) is 23.6. The molecule has 2 aliphatic rings. The second kappa shape index (κ2) is 11.3. The maximum Gasteiger partial charge on any atom is 0.315 e. The molecule has 3 atom stereocenters. The Morgan fingerprint density at radius 2 is 1.80 bits per heavy atom. The summed E-state index contributed by atoms with van der Waals surface area (Å²) in [5.41, 5.74) is 9.77. The largest absolute Gasteiger partial charge is 0.361 e. The van der Waals surface area contributed by atoms with Crippen LogP contribution in [0.25, 0.3) is 10.9 Å². The quantitative estimate of drug-likeness (QED) is 0.365. The molecule has 1 aromatic heterocycles. The third-order valence-electron chi connectivity index (χ3n) is 8.87. The topological polar surface area (TPSA) is 124 Å². The number of urea groups is 1. The summed E-state index contributed by atoms with van der Waals surface area (Å²) < 4.78 is 0. The molecule has 3 aromatic rings. The zero-order chi connectivity index (χ0) is 28.4. The number of hydrogen-bond acceptors (Lipinski definition) is 4. The summed E-state index contributed by atoms with van der Waals surface area (Å²) in [6.45, 7) is 3.76. The summed E-state index contributed by atoms with van der Waals surface area (Å²) in [5, 5.41) is 6.73. The number of likely N-dealkylation sites (tertiary alicyclic amines) is 1. The van der Waals surface area contributed by atoms with Gasteiger partial charge in [0.25, 0.3) is 0 Å². The SMILES string of the molecule is CC(c1c[nH]c2ccccc12)C(NC(=O)NCCN)C(=O)N1CCC2(CC1)C[C@@H](C(=O)N(C)C)c1ccccc12. The Bertz CT molecular complexity index is 1390. The number of nitrogens with two attached hydrogens (primary N) is 1. The van der Waals surface area contributed by atoms with Gasteiger partial charge < -0.3 is 31.2 Å². The highest BCUT2D eigenvalue weighted by molar-refractivity contribution is 5.90. The van der Waals surface area contributed by atoms with Crippen LogP contribution in [0.5, 0.6) is 0 Å². The van der Waals surface area contributed by atoms with Crippen LogP contribution in [0.2, 0.25) is 0 Å². The molecule has 1 aliphatic carbocycles. The smallest absolute Gasteiger partial charge is 0.315 e. The summed E-state index contributed by atoms with van der Waals surface area (Å²) in [7, 11) is 3.62. The number of likely N-dealkylation sites (N-methyl/N-ethyl adjacent to an activating group) is 1. The summed E-state index contributed by atoms with van der Waals surface area (Å²) in [4.78, 5) is 46.7. The van der Waals surface area contributed by atoms with Gasteiger partial charge in [-0.2, -0.15) is 0 Å². The lowest BCUT2D eigenvalue weighted by Crippen LogP contribution is -2.56. The number of hydrogen-bond donors (Lipinski definition) is 4. The van der Waals surface area contributed by atoms with Crippen LogP contribution in [-0.4, -0.2) is 78.9 Å². The number of rotatable bonds is 7. The standard InChI is InChI=1S/C31H40N6O3/c1-20(24-19-34-26-11-7-5-9-22(24)26)27(35-30(40)33-15-14-32)29(39)37-16-12-31(13-17-37)18-23(28(38)36(2)3)21-8-4-6-10-25(21)31/h4-11,19-20,23,27,34H,12-18,32H2,1-3H3,(H2,33,35,40)/t20?,23-,27?/m1/s1. The van der Waals surface area contributed by atoms with Crippen molar-refractivity contribution in [3.63, 3.8) is 0 Å². The molecule has 0 bridgehead atoms. The number of aromatic nitrogens is 1. The van der Waals surface area contributed by atoms with Crippen LogP contribution in [-0.2, 0) is 15.0 Å². The predicted molar refractivity (Wildman–Crippen MR) is 156 cm³/mol. The Balaban J connectivity index is 1.37. The van der Waals surface area contributed by atoms with Crippen LogP contribution >= 0.6 is 0 Å². The molecule has 1 aliphatic heterocycles. The van der Waals surface area contributed by atoms with Gasteiger partial charge in [0.2, 0.25) is 11.8 Å². The molecule has 1 fully saturated rings. The number of piperidine rings is 1. The van der Waals surface area contributed by atoms with Crippen molar-refractivity contribution in [3.05, 3.63) is 71.4 Å². The minimum Gasteiger partial charge on any atom is -0.361 e. The fraction of sp³-hybridized carbons (Fsp3) is 0.452. The van der Waals surface area contributed by atoms with Gasteiger partial charge in [-0.05, 0) is 42.0 Å². The first kappa shape index (κ1) is 27.7. The first-order chi connectivity index (χ1) is 19.3. The van der Waals surface area contributed by atoms with Gasteiger partial charge in [-0.1, -0.05) is 49.4 Å². The lowest BCUT2D eigenvalue weighted by molar-refractivity contribution is -0.136. The minimum absolute atomic E-state index is 0.0947. The number of amides is 4. The second-order valence-electron chi connectivity index (χ2n) is 11.4. The zero-order valence-electron chi connectivity index (χ0n) is 23.6.